The number of hydrogen-bond acceptors (Lipinski definition) is 8. The van der Waals surface area contributed by atoms with Crippen LogP contribution in [-0.2, 0) is 9.47 Å². The first-order chi connectivity index (χ1) is 15.4. The summed E-state index contributed by atoms with van der Waals surface area (Å²) in [5, 5.41) is 6.96. The van der Waals surface area contributed by atoms with Crippen LogP contribution < -0.4 is 10.1 Å². The fourth-order valence-electron chi connectivity index (χ4n) is 2.67. The molecule has 3 aromatic rings. The number of halogens is 1. The highest BCUT2D eigenvalue weighted by Crippen LogP contribution is 2.31. The van der Waals surface area contributed by atoms with Crippen molar-refractivity contribution in [1.82, 2.24) is 5.16 Å². The Morgan fingerprint density at radius 2 is 1.62 bits per heavy atom. The fraction of sp³-hybridized carbons (Fsp3) is 0.182. The first kappa shape index (κ1) is 22.8. The van der Waals surface area contributed by atoms with E-state index in [1.54, 1.807) is 38.1 Å². The summed E-state index contributed by atoms with van der Waals surface area (Å²) in [6, 6.07) is 12.3. The molecular formula is C22H19ClN2O7. The second-order valence-corrected chi connectivity index (χ2v) is 6.66. The smallest absolute Gasteiger partial charge is 0.462 e. The Bertz CT molecular complexity index is 1110. The number of ether oxygens (including phenoxy) is 3. The van der Waals surface area contributed by atoms with Crippen LogP contribution in [0.2, 0.25) is 5.02 Å². The highest BCUT2D eigenvalue weighted by molar-refractivity contribution is 6.30. The summed E-state index contributed by atoms with van der Waals surface area (Å²) < 4.78 is 20.0. The zero-order valence-corrected chi connectivity index (χ0v) is 18.0. The van der Waals surface area contributed by atoms with Crippen LogP contribution in [0.5, 0.6) is 5.75 Å². The SMILES string of the molecule is CCOC(=O)Oc1ccc(C(=O)Nc2onc(-c3ccc(Cl)cc3)c2C(=O)OCC)cc1. The van der Waals surface area contributed by atoms with Gasteiger partial charge in [0.2, 0.25) is 5.88 Å². The lowest BCUT2D eigenvalue weighted by molar-refractivity contribution is 0.0527. The lowest BCUT2D eigenvalue weighted by Gasteiger charge is -2.07. The third-order valence-corrected chi connectivity index (χ3v) is 4.35. The van der Waals surface area contributed by atoms with Crippen LogP contribution in [-0.4, -0.2) is 36.4 Å². The van der Waals surface area contributed by atoms with Gasteiger partial charge < -0.3 is 18.7 Å². The standard InChI is InChI=1S/C22H19ClN2O7/c1-3-29-21(27)17-18(13-5-9-15(23)10-6-13)25-32-20(17)24-19(26)14-7-11-16(12-8-14)31-22(28)30-4-2/h5-12H,3-4H2,1-2H3,(H,24,26). The van der Waals surface area contributed by atoms with Crippen molar-refractivity contribution in [2.75, 3.05) is 18.5 Å². The zero-order valence-electron chi connectivity index (χ0n) is 17.2. The van der Waals surface area contributed by atoms with Crippen LogP contribution in [0.25, 0.3) is 11.3 Å². The fourth-order valence-corrected chi connectivity index (χ4v) is 2.79. The average molecular weight is 459 g/mol. The maximum atomic E-state index is 12.7. The van der Waals surface area contributed by atoms with Gasteiger partial charge >= 0.3 is 12.1 Å². The summed E-state index contributed by atoms with van der Waals surface area (Å²) in [4.78, 5) is 36.6. The largest absolute Gasteiger partial charge is 0.513 e. The normalized spacial score (nSPS) is 10.3. The highest BCUT2D eigenvalue weighted by Gasteiger charge is 2.27. The van der Waals surface area contributed by atoms with Crippen molar-refractivity contribution in [3.05, 3.63) is 64.7 Å². The molecule has 0 atom stereocenters. The van der Waals surface area contributed by atoms with Crippen LogP contribution in [0.1, 0.15) is 34.6 Å². The van der Waals surface area contributed by atoms with Crippen LogP contribution in [0.3, 0.4) is 0 Å². The third-order valence-electron chi connectivity index (χ3n) is 4.10. The number of anilines is 1. The van der Waals surface area contributed by atoms with Gasteiger partial charge in [0, 0.05) is 16.1 Å². The number of amides is 1. The molecule has 3 rings (SSSR count). The van der Waals surface area contributed by atoms with E-state index in [2.05, 4.69) is 10.5 Å². The molecule has 0 saturated carbocycles. The molecule has 0 saturated heterocycles. The van der Waals surface area contributed by atoms with Crippen LogP contribution >= 0.6 is 11.6 Å². The molecule has 9 nitrogen and oxygen atoms in total. The van der Waals surface area contributed by atoms with Crippen molar-refractivity contribution >= 4 is 35.5 Å². The van der Waals surface area contributed by atoms with Gasteiger partial charge in [-0.3, -0.25) is 10.1 Å². The van der Waals surface area contributed by atoms with Gasteiger partial charge in [-0.25, -0.2) is 9.59 Å². The van der Waals surface area contributed by atoms with Gasteiger partial charge in [-0.15, -0.1) is 0 Å². The van der Waals surface area contributed by atoms with Crippen molar-refractivity contribution < 1.29 is 33.1 Å². The van der Waals surface area contributed by atoms with E-state index in [0.717, 1.165) is 0 Å². The third kappa shape index (κ3) is 5.44. The van der Waals surface area contributed by atoms with Gasteiger partial charge in [0.1, 0.15) is 11.4 Å². The molecule has 32 heavy (non-hydrogen) atoms. The molecule has 0 bridgehead atoms. The van der Waals surface area contributed by atoms with Crippen molar-refractivity contribution in [2.45, 2.75) is 13.8 Å². The van der Waals surface area contributed by atoms with Gasteiger partial charge in [-0.2, -0.15) is 0 Å². The molecule has 2 aromatic carbocycles. The Hall–Kier alpha value is -3.85. The Morgan fingerprint density at radius 3 is 2.25 bits per heavy atom. The molecule has 10 heteroatoms. The van der Waals surface area contributed by atoms with E-state index in [9.17, 15) is 14.4 Å². The van der Waals surface area contributed by atoms with E-state index in [1.807, 2.05) is 0 Å². The van der Waals surface area contributed by atoms with E-state index >= 15 is 0 Å². The quantitative estimate of drug-likeness (QED) is 0.390. The predicted octanol–water partition coefficient (Wildman–Crippen LogP) is 4.96. The monoisotopic (exact) mass is 458 g/mol. The molecular weight excluding hydrogens is 440 g/mol. The summed E-state index contributed by atoms with van der Waals surface area (Å²) in [6.45, 7) is 3.61. The molecule has 0 aliphatic carbocycles. The molecule has 1 amide bonds. The van der Waals surface area contributed by atoms with Gasteiger partial charge in [0.05, 0.1) is 13.2 Å². The zero-order chi connectivity index (χ0) is 23.1. The Morgan fingerprint density at radius 1 is 0.969 bits per heavy atom. The number of nitrogens with zero attached hydrogens (tertiary/aromatic N) is 1. The lowest BCUT2D eigenvalue weighted by Crippen LogP contribution is -2.15. The minimum Gasteiger partial charge on any atom is -0.462 e. The number of esters is 1. The molecule has 1 aromatic heterocycles. The number of carbonyl (C=O) groups excluding carboxylic acids is 3. The number of rotatable bonds is 7. The molecule has 166 valence electrons. The maximum absolute atomic E-state index is 12.7. The molecule has 1 heterocycles. The maximum Gasteiger partial charge on any atom is 0.513 e. The summed E-state index contributed by atoms with van der Waals surface area (Å²) in [6.07, 6.45) is -0.847. The molecule has 0 aliphatic rings. The van der Waals surface area contributed by atoms with E-state index < -0.39 is 18.0 Å². The second-order valence-electron chi connectivity index (χ2n) is 6.23. The minimum absolute atomic E-state index is 0.0233. The van der Waals surface area contributed by atoms with E-state index in [-0.39, 0.29) is 41.7 Å². The Balaban J connectivity index is 1.83. The van der Waals surface area contributed by atoms with Gasteiger partial charge in [0.25, 0.3) is 5.91 Å². The first-order valence-corrected chi connectivity index (χ1v) is 9.99. The summed E-state index contributed by atoms with van der Waals surface area (Å²) in [5.74, 6) is -1.23. The van der Waals surface area contributed by atoms with Crippen LogP contribution in [0.4, 0.5) is 10.7 Å². The lowest BCUT2D eigenvalue weighted by atomic mass is 10.1. The van der Waals surface area contributed by atoms with Crippen LogP contribution in [0, 0.1) is 0 Å². The topological polar surface area (TPSA) is 117 Å². The number of nitrogens with one attached hydrogen (secondary N) is 1. The number of hydrogen-bond donors (Lipinski definition) is 1. The Labute approximate surface area is 188 Å². The Kier molecular flexibility index (Phi) is 7.45. The van der Waals surface area contributed by atoms with Crippen molar-refractivity contribution in [1.29, 1.82) is 0 Å². The molecule has 0 unspecified atom stereocenters. The molecule has 0 radical (unpaired) electrons. The molecule has 0 spiro atoms. The van der Waals surface area contributed by atoms with Gasteiger partial charge in [-0.1, -0.05) is 28.9 Å². The average Bonchev–Trinajstić information content (AvgIpc) is 3.18. The summed E-state index contributed by atoms with van der Waals surface area (Å²) in [7, 11) is 0. The molecule has 1 N–H and O–H groups in total. The number of aromatic nitrogens is 1. The van der Waals surface area contributed by atoms with Gasteiger partial charge in [0.15, 0.2) is 5.56 Å². The second kappa shape index (κ2) is 10.5. The van der Waals surface area contributed by atoms with E-state index in [4.69, 9.17) is 30.3 Å². The van der Waals surface area contributed by atoms with E-state index in [1.165, 1.54) is 24.3 Å². The van der Waals surface area contributed by atoms with Crippen molar-refractivity contribution in [3.8, 4) is 17.0 Å². The molecule has 0 aliphatic heterocycles. The minimum atomic E-state index is -0.847. The predicted molar refractivity (Wildman–Crippen MR) is 115 cm³/mol. The summed E-state index contributed by atoms with van der Waals surface area (Å²) >= 11 is 5.92. The van der Waals surface area contributed by atoms with Crippen molar-refractivity contribution in [3.63, 3.8) is 0 Å². The van der Waals surface area contributed by atoms with Gasteiger partial charge in [-0.05, 0) is 50.2 Å². The highest BCUT2D eigenvalue weighted by atomic mass is 35.5. The van der Waals surface area contributed by atoms with Crippen molar-refractivity contribution in [2.24, 2.45) is 0 Å². The number of carbonyl (C=O) groups is 3. The number of benzene rings is 2. The first-order valence-electron chi connectivity index (χ1n) is 9.61. The molecule has 0 fully saturated rings. The van der Waals surface area contributed by atoms with Crippen LogP contribution in [0.15, 0.2) is 53.1 Å². The summed E-state index contributed by atoms with van der Waals surface area (Å²) in [5.41, 5.74) is 0.959. The van der Waals surface area contributed by atoms with E-state index in [0.29, 0.717) is 10.6 Å².